The van der Waals surface area contributed by atoms with Gasteiger partial charge in [0.2, 0.25) is 15.9 Å². The summed E-state index contributed by atoms with van der Waals surface area (Å²) in [4.78, 5) is 12.1. The lowest BCUT2D eigenvalue weighted by molar-refractivity contribution is -0.116. The highest BCUT2D eigenvalue weighted by atomic mass is 32.2. The average Bonchev–Trinajstić information content (AvgIpc) is 2.55. The molecule has 1 unspecified atom stereocenters. The minimum Gasteiger partial charge on any atom is -0.326 e. The molecule has 0 aliphatic rings. The van der Waals surface area contributed by atoms with Crippen LogP contribution in [0.15, 0.2) is 60.7 Å². The summed E-state index contributed by atoms with van der Waals surface area (Å²) in [7, 11) is -3.43. The lowest BCUT2D eigenvalue weighted by Gasteiger charge is -2.27. The Morgan fingerprint density at radius 3 is 2.12 bits per heavy atom. The molecule has 2 aromatic carbocycles. The van der Waals surface area contributed by atoms with Crippen molar-refractivity contribution < 1.29 is 13.2 Å². The second kappa shape index (κ2) is 8.08. The zero-order valence-corrected chi connectivity index (χ0v) is 14.7. The molecule has 0 aliphatic carbocycles. The van der Waals surface area contributed by atoms with Crippen molar-refractivity contribution in [1.29, 1.82) is 0 Å². The summed E-state index contributed by atoms with van der Waals surface area (Å²) in [6, 6.07) is 18.2. The molecule has 2 rings (SSSR count). The number of anilines is 1. The number of para-hydroxylation sites is 1. The molecule has 2 aromatic rings. The molecule has 1 amide bonds. The minimum atomic E-state index is -3.43. The van der Waals surface area contributed by atoms with Crippen LogP contribution < -0.4 is 5.32 Å². The van der Waals surface area contributed by atoms with Crippen molar-refractivity contribution in [3.05, 3.63) is 66.2 Å². The topological polar surface area (TPSA) is 66.5 Å². The zero-order chi connectivity index (χ0) is 17.6. The third kappa shape index (κ3) is 5.18. The molecule has 0 bridgehead atoms. The van der Waals surface area contributed by atoms with Gasteiger partial charge in [0.25, 0.3) is 0 Å². The van der Waals surface area contributed by atoms with Gasteiger partial charge in [0, 0.05) is 24.7 Å². The third-order valence-corrected chi connectivity index (χ3v) is 5.11. The van der Waals surface area contributed by atoms with Crippen molar-refractivity contribution in [2.45, 2.75) is 19.4 Å². The van der Waals surface area contributed by atoms with E-state index in [0.717, 1.165) is 5.56 Å². The first-order valence-corrected chi connectivity index (χ1v) is 9.59. The Kier molecular flexibility index (Phi) is 6.11. The van der Waals surface area contributed by atoms with E-state index in [0.29, 0.717) is 5.69 Å². The molecule has 0 radical (unpaired) electrons. The maximum Gasteiger partial charge on any atom is 0.225 e. The van der Waals surface area contributed by atoms with Crippen LogP contribution in [0.3, 0.4) is 0 Å². The van der Waals surface area contributed by atoms with E-state index in [2.05, 4.69) is 5.32 Å². The number of nitrogens with zero attached hydrogens (tertiary/aromatic N) is 1. The molecule has 0 fully saturated rings. The van der Waals surface area contributed by atoms with E-state index in [1.807, 2.05) is 55.5 Å². The fraction of sp³-hybridized carbons (Fsp3) is 0.278. The van der Waals surface area contributed by atoms with Gasteiger partial charge in [-0.05, 0) is 24.6 Å². The maximum atomic E-state index is 12.1. The molecule has 0 heterocycles. The van der Waals surface area contributed by atoms with Crippen molar-refractivity contribution in [2.75, 3.05) is 18.1 Å². The molecule has 5 nitrogen and oxygen atoms in total. The lowest BCUT2D eigenvalue weighted by atomic mass is 10.1. The van der Waals surface area contributed by atoms with Gasteiger partial charge in [-0.2, -0.15) is 4.31 Å². The van der Waals surface area contributed by atoms with Crippen LogP contribution in [0.2, 0.25) is 0 Å². The summed E-state index contributed by atoms with van der Waals surface area (Å²) in [5.74, 6) is -0.213. The molecule has 6 heteroatoms. The Hall–Kier alpha value is -2.18. The van der Waals surface area contributed by atoms with E-state index in [1.165, 1.54) is 10.6 Å². The second-order valence-electron chi connectivity index (χ2n) is 5.62. The molecule has 1 N–H and O–H groups in total. The van der Waals surface area contributed by atoms with Crippen LogP contribution in [0.25, 0.3) is 0 Å². The summed E-state index contributed by atoms with van der Waals surface area (Å²) in [6.45, 7) is 1.96. The Morgan fingerprint density at radius 1 is 1.04 bits per heavy atom. The number of carbonyl (C=O) groups excluding carboxylic acids is 1. The predicted molar refractivity (Wildman–Crippen MR) is 96.1 cm³/mol. The highest BCUT2D eigenvalue weighted by Crippen LogP contribution is 2.22. The highest BCUT2D eigenvalue weighted by molar-refractivity contribution is 7.88. The van der Waals surface area contributed by atoms with Crippen molar-refractivity contribution in [3.8, 4) is 0 Å². The van der Waals surface area contributed by atoms with Crippen molar-refractivity contribution in [3.63, 3.8) is 0 Å². The van der Waals surface area contributed by atoms with E-state index < -0.39 is 10.0 Å². The third-order valence-electron chi connectivity index (χ3n) is 3.76. The van der Waals surface area contributed by atoms with Crippen molar-refractivity contribution >= 4 is 21.6 Å². The van der Waals surface area contributed by atoms with Crippen LogP contribution in [-0.2, 0) is 14.8 Å². The summed E-state index contributed by atoms with van der Waals surface area (Å²) in [6.07, 6.45) is 1.26. The van der Waals surface area contributed by atoms with Crippen LogP contribution in [0.5, 0.6) is 0 Å². The monoisotopic (exact) mass is 346 g/mol. The number of sulfonamides is 1. The summed E-state index contributed by atoms with van der Waals surface area (Å²) >= 11 is 0. The molecule has 0 saturated heterocycles. The molecule has 0 saturated carbocycles. The molecular weight excluding hydrogens is 324 g/mol. The maximum absolute atomic E-state index is 12.1. The summed E-state index contributed by atoms with van der Waals surface area (Å²) < 4.78 is 25.6. The fourth-order valence-corrected chi connectivity index (χ4v) is 3.62. The Morgan fingerprint density at radius 2 is 1.58 bits per heavy atom. The zero-order valence-electron chi connectivity index (χ0n) is 13.8. The first kappa shape index (κ1) is 18.2. The van der Waals surface area contributed by atoms with Crippen LogP contribution >= 0.6 is 0 Å². The van der Waals surface area contributed by atoms with Crippen LogP contribution in [0, 0.1) is 0 Å². The molecule has 0 aromatic heterocycles. The Bertz CT molecular complexity index is 761. The molecule has 0 aliphatic heterocycles. The Balaban J connectivity index is 2.03. The van der Waals surface area contributed by atoms with E-state index in [1.54, 1.807) is 12.1 Å². The summed E-state index contributed by atoms with van der Waals surface area (Å²) in [5, 5.41) is 2.77. The first-order valence-electron chi connectivity index (χ1n) is 7.74. The number of amides is 1. The average molecular weight is 346 g/mol. The highest BCUT2D eigenvalue weighted by Gasteiger charge is 2.25. The van der Waals surface area contributed by atoms with E-state index in [4.69, 9.17) is 0 Å². The molecule has 24 heavy (non-hydrogen) atoms. The van der Waals surface area contributed by atoms with E-state index in [9.17, 15) is 13.2 Å². The van der Waals surface area contributed by atoms with Crippen LogP contribution in [0.4, 0.5) is 5.69 Å². The van der Waals surface area contributed by atoms with Gasteiger partial charge in [-0.15, -0.1) is 0 Å². The standard InChI is InChI=1S/C18H22N2O3S/c1-15(16-9-5-3-6-10-16)20(24(2,22)23)14-13-18(21)19-17-11-7-4-8-12-17/h3-12,15H,13-14H2,1-2H3,(H,19,21). The molecule has 0 spiro atoms. The van der Waals surface area contributed by atoms with E-state index >= 15 is 0 Å². The molecule has 1 atom stereocenters. The van der Waals surface area contributed by atoms with Gasteiger partial charge in [0.05, 0.1) is 6.26 Å². The molecule has 128 valence electrons. The largest absolute Gasteiger partial charge is 0.326 e. The minimum absolute atomic E-state index is 0.0964. The predicted octanol–water partition coefficient (Wildman–Crippen LogP) is 3.04. The van der Waals surface area contributed by atoms with E-state index in [-0.39, 0.29) is 24.9 Å². The number of nitrogens with one attached hydrogen (secondary N) is 1. The number of benzene rings is 2. The lowest BCUT2D eigenvalue weighted by Crippen LogP contribution is -2.35. The van der Waals surface area contributed by atoms with Crippen molar-refractivity contribution in [2.24, 2.45) is 0 Å². The van der Waals surface area contributed by atoms with Crippen LogP contribution in [0.1, 0.15) is 24.9 Å². The fourth-order valence-electron chi connectivity index (χ4n) is 2.50. The van der Waals surface area contributed by atoms with Gasteiger partial charge in [-0.1, -0.05) is 48.5 Å². The van der Waals surface area contributed by atoms with Gasteiger partial charge >= 0.3 is 0 Å². The SMILES string of the molecule is CC(c1ccccc1)N(CCC(=O)Nc1ccccc1)S(C)(=O)=O. The smallest absolute Gasteiger partial charge is 0.225 e. The number of hydrogen-bond acceptors (Lipinski definition) is 3. The van der Waals surface area contributed by atoms with Gasteiger partial charge < -0.3 is 5.32 Å². The van der Waals surface area contributed by atoms with Crippen molar-refractivity contribution in [1.82, 2.24) is 4.31 Å². The normalized spacial score (nSPS) is 12.8. The number of hydrogen-bond donors (Lipinski definition) is 1. The van der Waals surface area contributed by atoms with Crippen LogP contribution in [-0.4, -0.2) is 31.4 Å². The first-order chi connectivity index (χ1) is 11.4. The number of carbonyl (C=O) groups is 1. The van der Waals surface area contributed by atoms with Gasteiger partial charge in [-0.25, -0.2) is 8.42 Å². The van der Waals surface area contributed by atoms with Gasteiger partial charge in [-0.3, -0.25) is 4.79 Å². The number of rotatable bonds is 7. The Labute approximate surface area is 143 Å². The second-order valence-corrected chi connectivity index (χ2v) is 7.56. The summed E-state index contributed by atoms with van der Waals surface area (Å²) in [5.41, 5.74) is 1.59. The van der Waals surface area contributed by atoms with Gasteiger partial charge in [0.15, 0.2) is 0 Å². The molecular formula is C18H22N2O3S. The quantitative estimate of drug-likeness (QED) is 0.838. The van der Waals surface area contributed by atoms with Gasteiger partial charge in [0.1, 0.15) is 0 Å².